The lowest BCUT2D eigenvalue weighted by atomic mass is 10.3. The molecule has 0 unspecified atom stereocenters. The minimum absolute atomic E-state index is 0.668. The summed E-state index contributed by atoms with van der Waals surface area (Å²) in [4.78, 5) is 6.53. The molecule has 0 saturated heterocycles. The van der Waals surface area contributed by atoms with Gasteiger partial charge >= 0.3 is 0 Å². The molecule has 0 fully saturated rings. The number of oxazole rings is 1. The van der Waals surface area contributed by atoms with E-state index in [0.29, 0.717) is 18.1 Å². The summed E-state index contributed by atoms with van der Waals surface area (Å²) in [7, 11) is 2.02. The highest BCUT2D eigenvalue weighted by Crippen LogP contribution is 2.18. The number of hydrogen-bond donors (Lipinski definition) is 1. The van der Waals surface area contributed by atoms with Gasteiger partial charge in [0.1, 0.15) is 5.52 Å². The molecule has 18 heavy (non-hydrogen) atoms. The third kappa shape index (κ3) is 3.21. The molecule has 1 heterocycles. The summed E-state index contributed by atoms with van der Waals surface area (Å²) in [6, 6.07) is 5.50. The van der Waals surface area contributed by atoms with E-state index in [1.54, 1.807) is 6.07 Å². The zero-order valence-electron chi connectivity index (χ0n) is 10.8. The van der Waals surface area contributed by atoms with Gasteiger partial charge in [0.15, 0.2) is 5.58 Å². The molecule has 0 radical (unpaired) electrons. The van der Waals surface area contributed by atoms with Crippen LogP contribution in [0.5, 0.6) is 0 Å². The Bertz CT molecular complexity index is 510. The van der Waals surface area contributed by atoms with Crippen molar-refractivity contribution in [2.24, 2.45) is 0 Å². The van der Waals surface area contributed by atoms with Gasteiger partial charge in [-0.25, -0.2) is 4.98 Å². The summed E-state index contributed by atoms with van der Waals surface area (Å²) < 4.78 is 11.0. The molecule has 2 N–H and O–H groups in total. The Morgan fingerprint density at radius 3 is 3.06 bits per heavy atom. The fourth-order valence-corrected chi connectivity index (χ4v) is 1.73. The van der Waals surface area contributed by atoms with E-state index in [1.807, 2.05) is 26.1 Å². The van der Waals surface area contributed by atoms with E-state index < -0.39 is 0 Å². The van der Waals surface area contributed by atoms with Crippen LogP contribution < -0.4 is 5.73 Å². The molecule has 0 amide bonds. The molecule has 5 heteroatoms. The van der Waals surface area contributed by atoms with Crippen LogP contribution in [0.25, 0.3) is 11.1 Å². The number of rotatable bonds is 6. The molecule has 0 saturated carbocycles. The predicted molar refractivity (Wildman–Crippen MR) is 71.2 cm³/mol. The van der Waals surface area contributed by atoms with Crippen LogP contribution >= 0.6 is 0 Å². The van der Waals surface area contributed by atoms with Gasteiger partial charge in [-0.1, -0.05) is 0 Å². The molecular weight excluding hydrogens is 230 g/mol. The highest BCUT2D eigenvalue weighted by atomic mass is 16.5. The van der Waals surface area contributed by atoms with Crippen molar-refractivity contribution >= 4 is 16.8 Å². The van der Waals surface area contributed by atoms with Crippen LogP contribution in [0.1, 0.15) is 12.8 Å². The number of nitrogens with zero attached hydrogens (tertiary/aromatic N) is 2. The van der Waals surface area contributed by atoms with E-state index in [-0.39, 0.29) is 0 Å². The van der Waals surface area contributed by atoms with Crippen molar-refractivity contribution < 1.29 is 9.15 Å². The lowest BCUT2D eigenvalue weighted by Crippen LogP contribution is -2.22. The number of benzene rings is 1. The first-order valence-corrected chi connectivity index (χ1v) is 6.10. The molecule has 2 aromatic rings. The zero-order valence-corrected chi connectivity index (χ0v) is 10.8. The van der Waals surface area contributed by atoms with Gasteiger partial charge in [0.05, 0.1) is 13.2 Å². The number of nitrogen functional groups attached to an aromatic ring is 1. The van der Waals surface area contributed by atoms with Crippen molar-refractivity contribution in [3.8, 4) is 0 Å². The van der Waals surface area contributed by atoms with E-state index >= 15 is 0 Å². The summed E-state index contributed by atoms with van der Waals surface area (Å²) >= 11 is 0. The molecule has 0 aliphatic heterocycles. The Hall–Kier alpha value is -1.59. The van der Waals surface area contributed by atoms with Crippen molar-refractivity contribution in [2.45, 2.75) is 13.5 Å². The molecule has 0 aliphatic rings. The van der Waals surface area contributed by atoms with E-state index in [0.717, 1.165) is 30.9 Å². The fraction of sp³-hybridized carbons (Fsp3) is 0.462. The van der Waals surface area contributed by atoms with Gasteiger partial charge < -0.3 is 14.9 Å². The fourth-order valence-electron chi connectivity index (χ4n) is 1.73. The number of anilines is 1. The number of hydrogen-bond acceptors (Lipinski definition) is 5. The maximum absolute atomic E-state index is 5.70. The van der Waals surface area contributed by atoms with Gasteiger partial charge in [-0.05, 0) is 26.1 Å². The third-order valence-corrected chi connectivity index (χ3v) is 2.68. The smallest absolute Gasteiger partial charge is 0.209 e. The van der Waals surface area contributed by atoms with Crippen molar-refractivity contribution in [1.82, 2.24) is 9.88 Å². The van der Waals surface area contributed by atoms with E-state index in [4.69, 9.17) is 14.9 Å². The number of nitrogens with two attached hydrogens (primary N) is 1. The molecule has 0 spiro atoms. The van der Waals surface area contributed by atoms with Gasteiger partial charge in [-0.3, -0.25) is 4.90 Å². The molecule has 0 bridgehead atoms. The quantitative estimate of drug-likeness (QED) is 0.625. The van der Waals surface area contributed by atoms with Crippen LogP contribution in [0.4, 0.5) is 5.69 Å². The van der Waals surface area contributed by atoms with Gasteiger partial charge in [0.25, 0.3) is 0 Å². The monoisotopic (exact) mass is 249 g/mol. The Labute approximate surface area is 107 Å². The van der Waals surface area contributed by atoms with Gasteiger partial charge in [0, 0.05) is 24.9 Å². The SMILES string of the molecule is CCOCCN(C)Cc1nc2ccc(N)cc2o1. The van der Waals surface area contributed by atoms with Crippen molar-refractivity contribution in [3.63, 3.8) is 0 Å². The maximum Gasteiger partial charge on any atom is 0.209 e. The van der Waals surface area contributed by atoms with Gasteiger partial charge in [-0.15, -0.1) is 0 Å². The van der Waals surface area contributed by atoms with Crippen molar-refractivity contribution in [2.75, 3.05) is 32.5 Å². The van der Waals surface area contributed by atoms with Crippen LogP contribution in [0.3, 0.4) is 0 Å². The van der Waals surface area contributed by atoms with Crippen LogP contribution in [-0.4, -0.2) is 36.7 Å². The average Bonchev–Trinajstić information content (AvgIpc) is 2.70. The second-order valence-corrected chi connectivity index (χ2v) is 4.27. The van der Waals surface area contributed by atoms with Crippen LogP contribution in [0, 0.1) is 0 Å². The average molecular weight is 249 g/mol. The van der Waals surface area contributed by atoms with E-state index in [2.05, 4.69) is 9.88 Å². The Morgan fingerprint density at radius 1 is 1.44 bits per heavy atom. The molecule has 1 aromatic carbocycles. The van der Waals surface area contributed by atoms with E-state index in [9.17, 15) is 0 Å². The Balaban J connectivity index is 1.98. The lowest BCUT2D eigenvalue weighted by Gasteiger charge is -2.13. The van der Waals surface area contributed by atoms with Gasteiger partial charge in [0.2, 0.25) is 5.89 Å². The van der Waals surface area contributed by atoms with Crippen LogP contribution in [0.15, 0.2) is 22.6 Å². The maximum atomic E-state index is 5.70. The van der Waals surface area contributed by atoms with Crippen molar-refractivity contribution in [1.29, 1.82) is 0 Å². The lowest BCUT2D eigenvalue weighted by molar-refractivity contribution is 0.117. The highest BCUT2D eigenvalue weighted by Gasteiger charge is 2.08. The minimum Gasteiger partial charge on any atom is -0.439 e. The first-order valence-electron chi connectivity index (χ1n) is 6.10. The normalized spacial score (nSPS) is 11.5. The van der Waals surface area contributed by atoms with Gasteiger partial charge in [-0.2, -0.15) is 0 Å². The van der Waals surface area contributed by atoms with Crippen LogP contribution in [-0.2, 0) is 11.3 Å². The highest BCUT2D eigenvalue weighted by molar-refractivity contribution is 5.76. The Kier molecular flexibility index (Phi) is 4.17. The number of aromatic nitrogens is 1. The molecule has 98 valence electrons. The van der Waals surface area contributed by atoms with E-state index in [1.165, 1.54) is 0 Å². The molecular formula is C13H19N3O2. The first-order chi connectivity index (χ1) is 8.69. The number of fused-ring (bicyclic) bond motifs is 1. The molecule has 2 rings (SSSR count). The topological polar surface area (TPSA) is 64.5 Å². The summed E-state index contributed by atoms with van der Waals surface area (Å²) in [6.07, 6.45) is 0. The second-order valence-electron chi connectivity index (χ2n) is 4.27. The third-order valence-electron chi connectivity index (χ3n) is 2.68. The second kappa shape index (κ2) is 5.84. The molecule has 0 atom stereocenters. The summed E-state index contributed by atoms with van der Waals surface area (Å²) in [5.74, 6) is 0.703. The molecule has 5 nitrogen and oxygen atoms in total. The van der Waals surface area contributed by atoms with Crippen molar-refractivity contribution in [3.05, 3.63) is 24.1 Å². The largest absolute Gasteiger partial charge is 0.439 e. The van der Waals surface area contributed by atoms with Crippen LogP contribution in [0.2, 0.25) is 0 Å². The standard InChI is InChI=1S/C13H19N3O2/c1-3-17-7-6-16(2)9-13-15-11-5-4-10(14)8-12(11)18-13/h4-5,8H,3,6-7,9,14H2,1-2H3. The zero-order chi connectivity index (χ0) is 13.0. The number of likely N-dealkylation sites (N-methyl/N-ethyl adjacent to an activating group) is 1. The summed E-state index contributed by atoms with van der Waals surface area (Å²) in [5.41, 5.74) is 7.97. The number of ether oxygens (including phenoxy) is 1. The molecule has 1 aromatic heterocycles. The summed E-state index contributed by atoms with van der Waals surface area (Å²) in [6.45, 7) is 4.98. The Morgan fingerprint density at radius 2 is 2.28 bits per heavy atom. The first kappa shape index (κ1) is 12.9. The minimum atomic E-state index is 0.668. The predicted octanol–water partition coefficient (Wildman–Crippen LogP) is 1.88. The summed E-state index contributed by atoms with van der Waals surface area (Å²) in [5, 5.41) is 0. The molecule has 0 aliphatic carbocycles.